The van der Waals surface area contributed by atoms with Crippen LogP contribution in [0.2, 0.25) is 0 Å². The maximum absolute atomic E-state index is 3.31. The zero-order valence-electron chi connectivity index (χ0n) is 10.2. The molecule has 3 nitrogen and oxygen atoms in total. The quantitative estimate of drug-likeness (QED) is 0.719. The Bertz CT molecular complexity index is 183. The van der Waals surface area contributed by atoms with Gasteiger partial charge in [-0.25, -0.2) is 0 Å². The molecule has 0 radical (unpaired) electrons. The van der Waals surface area contributed by atoms with Gasteiger partial charge in [-0.15, -0.1) is 0 Å². The van der Waals surface area contributed by atoms with Gasteiger partial charge in [0, 0.05) is 45.3 Å². The lowest BCUT2D eigenvalue weighted by atomic mass is 10.2. The third kappa shape index (κ3) is 3.74. The standard InChI is InChI=1S/C12H25N3/c1-11(13-2)9-14-5-7-15(8-6-14)10-12-3-4-12/h11-13H,3-10H2,1-2H3. The van der Waals surface area contributed by atoms with Crippen LogP contribution in [0, 0.1) is 5.92 Å². The minimum Gasteiger partial charge on any atom is -0.316 e. The number of piperazine rings is 1. The van der Waals surface area contributed by atoms with Crippen LogP contribution < -0.4 is 5.32 Å². The van der Waals surface area contributed by atoms with E-state index in [0.717, 1.165) is 5.92 Å². The molecule has 1 aliphatic heterocycles. The molecule has 1 saturated heterocycles. The molecule has 15 heavy (non-hydrogen) atoms. The molecule has 1 aliphatic carbocycles. The Hall–Kier alpha value is -0.120. The predicted octanol–water partition coefficient (Wildman–Crippen LogP) is 0.622. The van der Waals surface area contributed by atoms with Gasteiger partial charge in [0.15, 0.2) is 0 Å². The van der Waals surface area contributed by atoms with E-state index in [1.807, 2.05) is 7.05 Å². The van der Waals surface area contributed by atoms with Crippen molar-refractivity contribution in [3.8, 4) is 0 Å². The summed E-state index contributed by atoms with van der Waals surface area (Å²) in [6.45, 7) is 9.93. The molecule has 2 fully saturated rings. The lowest BCUT2D eigenvalue weighted by molar-refractivity contribution is 0.122. The van der Waals surface area contributed by atoms with Gasteiger partial charge in [0.05, 0.1) is 0 Å². The molecule has 1 unspecified atom stereocenters. The predicted molar refractivity (Wildman–Crippen MR) is 64.1 cm³/mol. The summed E-state index contributed by atoms with van der Waals surface area (Å²) >= 11 is 0. The first kappa shape index (κ1) is 11.4. The first-order valence-electron chi connectivity index (χ1n) is 6.40. The minimum absolute atomic E-state index is 0.625. The van der Waals surface area contributed by atoms with Crippen molar-refractivity contribution in [2.45, 2.75) is 25.8 Å². The van der Waals surface area contributed by atoms with Crippen LogP contribution in [0.1, 0.15) is 19.8 Å². The Kier molecular flexibility index (Phi) is 4.00. The average molecular weight is 211 g/mol. The van der Waals surface area contributed by atoms with E-state index in [9.17, 15) is 0 Å². The molecule has 0 spiro atoms. The molecular formula is C12H25N3. The van der Waals surface area contributed by atoms with E-state index >= 15 is 0 Å². The van der Waals surface area contributed by atoms with Gasteiger partial charge in [-0.3, -0.25) is 4.90 Å². The largest absolute Gasteiger partial charge is 0.316 e. The van der Waals surface area contributed by atoms with Crippen LogP contribution in [0.15, 0.2) is 0 Å². The third-order valence-corrected chi connectivity index (χ3v) is 3.70. The Morgan fingerprint density at radius 1 is 1.13 bits per heavy atom. The molecular weight excluding hydrogens is 186 g/mol. The Labute approximate surface area is 93.8 Å². The molecule has 0 aromatic carbocycles. The third-order valence-electron chi connectivity index (χ3n) is 3.70. The van der Waals surface area contributed by atoms with Crippen molar-refractivity contribution in [2.24, 2.45) is 5.92 Å². The van der Waals surface area contributed by atoms with E-state index in [2.05, 4.69) is 22.0 Å². The van der Waals surface area contributed by atoms with Gasteiger partial charge < -0.3 is 10.2 Å². The summed E-state index contributed by atoms with van der Waals surface area (Å²) in [5.74, 6) is 1.05. The van der Waals surface area contributed by atoms with E-state index in [1.165, 1.54) is 52.1 Å². The van der Waals surface area contributed by atoms with Crippen LogP contribution in [0.5, 0.6) is 0 Å². The summed E-state index contributed by atoms with van der Waals surface area (Å²) in [6, 6.07) is 0.625. The number of hydrogen-bond donors (Lipinski definition) is 1. The van der Waals surface area contributed by atoms with E-state index < -0.39 is 0 Å². The van der Waals surface area contributed by atoms with E-state index in [4.69, 9.17) is 0 Å². The molecule has 1 heterocycles. The minimum atomic E-state index is 0.625. The van der Waals surface area contributed by atoms with Gasteiger partial charge in [-0.05, 0) is 32.7 Å². The lowest BCUT2D eigenvalue weighted by Gasteiger charge is -2.35. The molecule has 0 amide bonds. The van der Waals surface area contributed by atoms with E-state index in [1.54, 1.807) is 0 Å². The van der Waals surface area contributed by atoms with Gasteiger partial charge in [-0.1, -0.05) is 0 Å². The number of nitrogens with zero attached hydrogens (tertiary/aromatic N) is 2. The van der Waals surface area contributed by atoms with Crippen molar-refractivity contribution in [3.05, 3.63) is 0 Å². The fourth-order valence-corrected chi connectivity index (χ4v) is 2.30. The van der Waals surface area contributed by atoms with E-state index in [0.29, 0.717) is 6.04 Å². The van der Waals surface area contributed by atoms with Crippen molar-refractivity contribution in [2.75, 3.05) is 46.3 Å². The van der Waals surface area contributed by atoms with Crippen molar-refractivity contribution >= 4 is 0 Å². The molecule has 3 heteroatoms. The summed E-state index contributed by atoms with van der Waals surface area (Å²) in [5.41, 5.74) is 0. The summed E-state index contributed by atoms with van der Waals surface area (Å²) in [5, 5.41) is 3.31. The molecule has 0 aromatic heterocycles. The number of rotatable bonds is 5. The zero-order chi connectivity index (χ0) is 10.7. The van der Waals surface area contributed by atoms with Crippen molar-refractivity contribution in [1.29, 1.82) is 0 Å². The molecule has 88 valence electrons. The van der Waals surface area contributed by atoms with Crippen LogP contribution in [0.25, 0.3) is 0 Å². The molecule has 0 bridgehead atoms. The van der Waals surface area contributed by atoms with Crippen LogP contribution in [0.3, 0.4) is 0 Å². The van der Waals surface area contributed by atoms with Crippen LogP contribution in [-0.4, -0.2) is 62.2 Å². The Morgan fingerprint density at radius 3 is 2.27 bits per heavy atom. The normalized spacial score (nSPS) is 26.8. The summed E-state index contributed by atoms with van der Waals surface area (Å²) in [4.78, 5) is 5.24. The highest BCUT2D eigenvalue weighted by Gasteiger charge is 2.26. The highest BCUT2D eigenvalue weighted by molar-refractivity contribution is 4.81. The molecule has 0 aromatic rings. The first-order valence-corrected chi connectivity index (χ1v) is 6.40. The number of nitrogens with one attached hydrogen (secondary N) is 1. The average Bonchev–Trinajstić information content (AvgIpc) is 3.05. The molecule has 2 rings (SSSR count). The second kappa shape index (κ2) is 5.28. The molecule has 1 atom stereocenters. The lowest BCUT2D eigenvalue weighted by Crippen LogP contribution is -2.50. The summed E-state index contributed by atoms with van der Waals surface area (Å²) in [7, 11) is 2.05. The van der Waals surface area contributed by atoms with Gasteiger partial charge >= 0.3 is 0 Å². The fourth-order valence-electron chi connectivity index (χ4n) is 2.30. The highest BCUT2D eigenvalue weighted by Crippen LogP contribution is 2.29. The van der Waals surface area contributed by atoms with Gasteiger partial charge in [-0.2, -0.15) is 0 Å². The molecule has 1 saturated carbocycles. The smallest absolute Gasteiger partial charge is 0.0163 e. The summed E-state index contributed by atoms with van der Waals surface area (Å²) in [6.07, 6.45) is 2.97. The highest BCUT2D eigenvalue weighted by atomic mass is 15.3. The van der Waals surface area contributed by atoms with Crippen molar-refractivity contribution < 1.29 is 0 Å². The van der Waals surface area contributed by atoms with Crippen LogP contribution in [-0.2, 0) is 0 Å². The zero-order valence-corrected chi connectivity index (χ0v) is 10.2. The first-order chi connectivity index (χ1) is 7.28. The second-order valence-corrected chi connectivity index (χ2v) is 5.23. The second-order valence-electron chi connectivity index (χ2n) is 5.23. The van der Waals surface area contributed by atoms with Gasteiger partial charge in [0.2, 0.25) is 0 Å². The SMILES string of the molecule is CNC(C)CN1CCN(CC2CC2)CC1. The van der Waals surface area contributed by atoms with Gasteiger partial charge in [0.25, 0.3) is 0 Å². The molecule has 2 aliphatic rings. The Balaban J connectivity index is 1.62. The van der Waals surface area contributed by atoms with Crippen LogP contribution in [0.4, 0.5) is 0 Å². The van der Waals surface area contributed by atoms with Crippen molar-refractivity contribution in [3.63, 3.8) is 0 Å². The monoisotopic (exact) mass is 211 g/mol. The summed E-state index contributed by atoms with van der Waals surface area (Å²) < 4.78 is 0. The maximum atomic E-state index is 3.31. The maximum Gasteiger partial charge on any atom is 0.0163 e. The Morgan fingerprint density at radius 2 is 1.73 bits per heavy atom. The van der Waals surface area contributed by atoms with Crippen LogP contribution >= 0.6 is 0 Å². The van der Waals surface area contributed by atoms with Gasteiger partial charge in [0.1, 0.15) is 0 Å². The number of likely N-dealkylation sites (N-methyl/N-ethyl adjacent to an activating group) is 1. The number of hydrogen-bond acceptors (Lipinski definition) is 3. The topological polar surface area (TPSA) is 18.5 Å². The fraction of sp³-hybridized carbons (Fsp3) is 1.00. The molecule has 1 N–H and O–H groups in total. The van der Waals surface area contributed by atoms with E-state index in [-0.39, 0.29) is 0 Å². The van der Waals surface area contributed by atoms with Crippen molar-refractivity contribution in [1.82, 2.24) is 15.1 Å².